The van der Waals surface area contributed by atoms with Crippen LogP contribution in [0.25, 0.3) is 0 Å². The Balaban J connectivity index is 3.00. The van der Waals surface area contributed by atoms with E-state index in [-0.39, 0.29) is 0 Å². The predicted octanol–water partition coefficient (Wildman–Crippen LogP) is 4.34. The molecule has 0 saturated heterocycles. The van der Waals surface area contributed by atoms with Gasteiger partial charge in [0.25, 0.3) is 0 Å². The number of hydrogen-bond donors (Lipinski definition) is 0. The average Bonchev–Trinajstić information content (AvgIpc) is 2.03. The van der Waals surface area contributed by atoms with Gasteiger partial charge < -0.3 is 0 Å². The molecule has 0 nitrogen and oxygen atoms in total. The van der Waals surface area contributed by atoms with Gasteiger partial charge in [0.05, 0.1) is 6.17 Å². The third-order valence-electron chi connectivity index (χ3n) is 2.24. The molecule has 0 fully saturated rings. The Labute approximate surface area is 76.6 Å². The van der Waals surface area contributed by atoms with E-state index in [2.05, 4.69) is 13.8 Å². The summed E-state index contributed by atoms with van der Waals surface area (Å²) in [6.07, 6.45) is 5.75. The summed E-state index contributed by atoms with van der Waals surface area (Å²) in [5, 5.41) is 0. The molecule has 0 N–H and O–H groups in total. The molecule has 0 bridgehead atoms. The SMILES string of the molecule is CCC(F)CCCCCC(C)C. The lowest BCUT2D eigenvalue weighted by Crippen LogP contribution is -1.97. The average molecular weight is 174 g/mol. The summed E-state index contributed by atoms with van der Waals surface area (Å²) < 4.78 is 12.7. The minimum absolute atomic E-state index is 0.552. The topological polar surface area (TPSA) is 0 Å². The van der Waals surface area contributed by atoms with E-state index < -0.39 is 6.17 Å². The maximum Gasteiger partial charge on any atom is 0.0999 e. The van der Waals surface area contributed by atoms with Gasteiger partial charge in [0.2, 0.25) is 0 Å². The van der Waals surface area contributed by atoms with Crippen LogP contribution < -0.4 is 0 Å². The lowest BCUT2D eigenvalue weighted by Gasteiger charge is -2.05. The quantitative estimate of drug-likeness (QED) is 0.504. The van der Waals surface area contributed by atoms with E-state index in [1.807, 2.05) is 6.92 Å². The molecule has 0 spiro atoms. The van der Waals surface area contributed by atoms with Gasteiger partial charge in [-0.05, 0) is 18.8 Å². The van der Waals surface area contributed by atoms with Crippen LogP contribution in [0.1, 0.15) is 59.3 Å². The third-order valence-corrected chi connectivity index (χ3v) is 2.24. The molecule has 0 aromatic rings. The van der Waals surface area contributed by atoms with Crippen molar-refractivity contribution in [1.29, 1.82) is 0 Å². The van der Waals surface area contributed by atoms with Crippen LogP contribution in [0.4, 0.5) is 4.39 Å². The first-order chi connectivity index (χ1) is 5.66. The van der Waals surface area contributed by atoms with Gasteiger partial charge in [-0.25, -0.2) is 4.39 Å². The molecule has 0 aliphatic heterocycles. The molecular formula is C11H23F. The van der Waals surface area contributed by atoms with Crippen molar-refractivity contribution in [3.63, 3.8) is 0 Å². The second-order valence-corrected chi connectivity index (χ2v) is 4.04. The molecule has 0 aliphatic carbocycles. The summed E-state index contributed by atoms with van der Waals surface area (Å²) in [5.74, 6) is 0.803. The monoisotopic (exact) mass is 174 g/mol. The minimum atomic E-state index is -0.552. The van der Waals surface area contributed by atoms with Crippen LogP contribution in [0.5, 0.6) is 0 Å². The van der Waals surface area contributed by atoms with Crippen molar-refractivity contribution >= 4 is 0 Å². The largest absolute Gasteiger partial charge is 0.248 e. The Bertz CT molecular complexity index is 89.0. The van der Waals surface area contributed by atoms with Crippen molar-refractivity contribution in [1.82, 2.24) is 0 Å². The Morgan fingerprint density at radius 1 is 1.00 bits per heavy atom. The van der Waals surface area contributed by atoms with Gasteiger partial charge >= 0.3 is 0 Å². The highest BCUT2D eigenvalue weighted by molar-refractivity contribution is 4.54. The summed E-state index contributed by atoms with van der Waals surface area (Å²) in [6, 6.07) is 0. The molecule has 0 radical (unpaired) electrons. The fraction of sp³-hybridized carbons (Fsp3) is 1.00. The summed E-state index contributed by atoms with van der Waals surface area (Å²) in [5.41, 5.74) is 0. The lowest BCUT2D eigenvalue weighted by molar-refractivity contribution is 0.295. The van der Waals surface area contributed by atoms with Crippen LogP contribution in [0, 0.1) is 5.92 Å². The van der Waals surface area contributed by atoms with Crippen LogP contribution in [0.3, 0.4) is 0 Å². The van der Waals surface area contributed by atoms with Crippen molar-refractivity contribution in [2.24, 2.45) is 5.92 Å². The third kappa shape index (κ3) is 8.03. The molecule has 12 heavy (non-hydrogen) atoms. The summed E-state index contributed by atoms with van der Waals surface area (Å²) in [4.78, 5) is 0. The van der Waals surface area contributed by atoms with Crippen molar-refractivity contribution in [2.45, 2.75) is 65.5 Å². The maximum atomic E-state index is 12.7. The molecule has 1 heteroatoms. The van der Waals surface area contributed by atoms with E-state index in [4.69, 9.17) is 0 Å². The Kier molecular flexibility index (Phi) is 7.53. The van der Waals surface area contributed by atoms with E-state index in [1.165, 1.54) is 19.3 Å². The van der Waals surface area contributed by atoms with Crippen LogP contribution in [0.15, 0.2) is 0 Å². The standard InChI is InChI=1S/C11H23F/c1-4-11(12)9-7-5-6-8-10(2)3/h10-11H,4-9H2,1-3H3. The van der Waals surface area contributed by atoms with Crippen molar-refractivity contribution in [3.05, 3.63) is 0 Å². The zero-order valence-corrected chi connectivity index (χ0v) is 8.78. The molecule has 0 amide bonds. The van der Waals surface area contributed by atoms with Crippen LogP contribution in [-0.4, -0.2) is 6.17 Å². The van der Waals surface area contributed by atoms with Gasteiger partial charge in [-0.3, -0.25) is 0 Å². The van der Waals surface area contributed by atoms with Gasteiger partial charge in [0.1, 0.15) is 0 Å². The zero-order valence-electron chi connectivity index (χ0n) is 8.78. The first kappa shape index (κ1) is 11.9. The number of alkyl halides is 1. The van der Waals surface area contributed by atoms with Gasteiger partial charge in [0, 0.05) is 0 Å². The number of halogens is 1. The highest BCUT2D eigenvalue weighted by atomic mass is 19.1. The summed E-state index contributed by atoms with van der Waals surface area (Å²) in [6.45, 7) is 6.40. The van der Waals surface area contributed by atoms with Gasteiger partial charge in [0.15, 0.2) is 0 Å². The van der Waals surface area contributed by atoms with E-state index in [0.29, 0.717) is 6.42 Å². The van der Waals surface area contributed by atoms with Gasteiger partial charge in [-0.1, -0.05) is 46.5 Å². The van der Waals surface area contributed by atoms with Crippen LogP contribution in [0.2, 0.25) is 0 Å². The molecule has 0 aromatic carbocycles. The second kappa shape index (κ2) is 7.57. The van der Waals surface area contributed by atoms with E-state index in [1.54, 1.807) is 0 Å². The van der Waals surface area contributed by atoms with Crippen molar-refractivity contribution < 1.29 is 4.39 Å². The van der Waals surface area contributed by atoms with Gasteiger partial charge in [-0.2, -0.15) is 0 Å². The maximum absolute atomic E-state index is 12.7. The molecule has 0 heterocycles. The molecule has 0 aliphatic rings. The van der Waals surface area contributed by atoms with E-state index in [0.717, 1.165) is 18.8 Å². The summed E-state index contributed by atoms with van der Waals surface area (Å²) >= 11 is 0. The number of rotatable bonds is 7. The smallest absolute Gasteiger partial charge is 0.0999 e. The Morgan fingerprint density at radius 3 is 2.08 bits per heavy atom. The second-order valence-electron chi connectivity index (χ2n) is 4.04. The van der Waals surface area contributed by atoms with Gasteiger partial charge in [-0.15, -0.1) is 0 Å². The lowest BCUT2D eigenvalue weighted by atomic mass is 10.0. The molecule has 74 valence electrons. The normalized spacial score (nSPS) is 13.8. The van der Waals surface area contributed by atoms with Crippen molar-refractivity contribution in [2.75, 3.05) is 0 Å². The summed E-state index contributed by atoms with van der Waals surface area (Å²) in [7, 11) is 0. The predicted molar refractivity (Wildman–Crippen MR) is 53.1 cm³/mol. The minimum Gasteiger partial charge on any atom is -0.248 e. The first-order valence-corrected chi connectivity index (χ1v) is 5.30. The van der Waals surface area contributed by atoms with Crippen LogP contribution >= 0.6 is 0 Å². The van der Waals surface area contributed by atoms with Crippen molar-refractivity contribution in [3.8, 4) is 0 Å². The fourth-order valence-corrected chi connectivity index (χ4v) is 1.30. The Morgan fingerprint density at radius 2 is 1.58 bits per heavy atom. The molecule has 0 rings (SSSR count). The van der Waals surface area contributed by atoms with Crippen LogP contribution in [-0.2, 0) is 0 Å². The molecule has 0 aromatic heterocycles. The molecule has 1 atom stereocenters. The molecular weight excluding hydrogens is 151 g/mol. The molecule has 0 saturated carbocycles. The van der Waals surface area contributed by atoms with E-state index >= 15 is 0 Å². The highest BCUT2D eigenvalue weighted by Gasteiger charge is 2.01. The Hall–Kier alpha value is -0.0700. The number of hydrogen-bond acceptors (Lipinski definition) is 0. The van der Waals surface area contributed by atoms with E-state index in [9.17, 15) is 4.39 Å². The highest BCUT2D eigenvalue weighted by Crippen LogP contribution is 2.12. The first-order valence-electron chi connectivity index (χ1n) is 5.30. The zero-order chi connectivity index (χ0) is 9.40. The molecule has 1 unspecified atom stereocenters. The number of unbranched alkanes of at least 4 members (excludes halogenated alkanes) is 2. The fourth-order valence-electron chi connectivity index (χ4n) is 1.30.